The topological polar surface area (TPSA) is 92.2 Å². The van der Waals surface area contributed by atoms with Gasteiger partial charge >= 0.3 is 0 Å². The number of hydrogen-bond donors (Lipinski definition) is 3. The van der Waals surface area contributed by atoms with Gasteiger partial charge in [-0.15, -0.1) is 0 Å². The highest BCUT2D eigenvalue weighted by molar-refractivity contribution is 5.87. The largest absolute Gasteiger partial charge is 0.504 e. The molecular weight excluding hydrogens is 334 g/mol. The first kappa shape index (κ1) is 19.1. The Kier molecular flexibility index (Phi) is 6.84. The minimum atomic E-state index is -0.516. The van der Waals surface area contributed by atoms with Crippen LogP contribution in [0.3, 0.4) is 0 Å². The molecule has 0 unspecified atom stereocenters. The number of phenols is 1. The molecule has 0 spiro atoms. The number of aromatic hydroxyl groups is 1. The Morgan fingerprint density at radius 1 is 1.27 bits per heavy atom. The van der Waals surface area contributed by atoms with Gasteiger partial charge in [0.1, 0.15) is 11.8 Å². The molecule has 0 bridgehead atoms. The maximum atomic E-state index is 12.1. The number of hydrogen-bond acceptors (Lipinski definition) is 6. The van der Waals surface area contributed by atoms with Crippen molar-refractivity contribution in [2.24, 2.45) is 5.10 Å². The lowest BCUT2D eigenvalue weighted by Gasteiger charge is -2.15. The average molecular weight is 357 g/mol. The highest BCUT2D eigenvalue weighted by Crippen LogP contribution is 2.26. The first-order valence-electron chi connectivity index (χ1n) is 8.23. The van der Waals surface area contributed by atoms with Crippen molar-refractivity contribution < 1.29 is 19.4 Å². The van der Waals surface area contributed by atoms with Crippen molar-refractivity contribution in [3.8, 4) is 17.2 Å². The predicted molar refractivity (Wildman–Crippen MR) is 101 cm³/mol. The number of hydrazone groups is 1. The fraction of sp³-hybridized carbons (Fsp3) is 0.263. The minimum absolute atomic E-state index is 0.0216. The minimum Gasteiger partial charge on any atom is -0.504 e. The van der Waals surface area contributed by atoms with E-state index >= 15 is 0 Å². The number of nitrogens with zero attached hydrogens (tertiary/aromatic N) is 1. The van der Waals surface area contributed by atoms with Gasteiger partial charge in [0.15, 0.2) is 11.5 Å². The van der Waals surface area contributed by atoms with Crippen LogP contribution >= 0.6 is 0 Å². The number of methoxy groups -OCH3 is 1. The van der Waals surface area contributed by atoms with Crippen molar-refractivity contribution in [2.75, 3.05) is 19.0 Å². The highest BCUT2D eigenvalue weighted by atomic mass is 16.5. The molecule has 2 rings (SSSR count). The van der Waals surface area contributed by atoms with Crippen LogP contribution in [0.5, 0.6) is 17.2 Å². The van der Waals surface area contributed by atoms with Crippen LogP contribution in [0.4, 0.5) is 5.69 Å². The molecule has 0 aliphatic rings. The molecule has 0 aliphatic heterocycles. The molecule has 0 aromatic heterocycles. The van der Waals surface area contributed by atoms with Gasteiger partial charge in [0, 0.05) is 0 Å². The van der Waals surface area contributed by atoms with Crippen molar-refractivity contribution in [3.63, 3.8) is 0 Å². The van der Waals surface area contributed by atoms with Crippen molar-refractivity contribution in [1.82, 2.24) is 5.43 Å². The van der Waals surface area contributed by atoms with E-state index in [-0.39, 0.29) is 11.7 Å². The van der Waals surface area contributed by atoms with Crippen LogP contribution in [0.25, 0.3) is 0 Å². The summed E-state index contributed by atoms with van der Waals surface area (Å²) in [5.74, 6) is 0.777. The first-order chi connectivity index (χ1) is 12.5. The van der Waals surface area contributed by atoms with Crippen LogP contribution in [-0.2, 0) is 4.79 Å². The molecule has 7 nitrogen and oxygen atoms in total. The molecule has 0 saturated carbocycles. The Labute approximate surface area is 152 Å². The standard InChI is InChI=1S/C19H23N3O4/c1-4-26-18-10-9-14(11-16(18)23)12-20-22-19(24)13(2)21-15-7-5-6-8-17(15)25-3/h5-13,21,23H,4H2,1-3H3,(H,22,24)/b20-12-/t13-/m1/s1. The molecular formula is C19H23N3O4. The molecule has 2 aromatic carbocycles. The number of anilines is 1. The molecule has 0 saturated heterocycles. The van der Waals surface area contributed by atoms with E-state index in [9.17, 15) is 9.90 Å². The number of phenolic OH excluding ortho intramolecular Hbond substituents is 1. The number of ether oxygens (including phenoxy) is 2. The van der Waals surface area contributed by atoms with E-state index in [4.69, 9.17) is 9.47 Å². The zero-order valence-electron chi connectivity index (χ0n) is 15.0. The van der Waals surface area contributed by atoms with Crippen LogP contribution < -0.4 is 20.2 Å². The summed E-state index contributed by atoms with van der Waals surface area (Å²) in [6.45, 7) is 4.03. The van der Waals surface area contributed by atoms with Gasteiger partial charge in [-0.05, 0) is 49.7 Å². The Morgan fingerprint density at radius 3 is 2.73 bits per heavy atom. The summed E-state index contributed by atoms with van der Waals surface area (Å²) in [6.07, 6.45) is 1.45. The average Bonchev–Trinajstić information content (AvgIpc) is 2.64. The van der Waals surface area contributed by atoms with E-state index in [2.05, 4.69) is 15.8 Å². The van der Waals surface area contributed by atoms with E-state index in [1.807, 2.05) is 31.2 Å². The first-order valence-corrected chi connectivity index (χ1v) is 8.23. The molecule has 0 fully saturated rings. The molecule has 0 heterocycles. The number of rotatable bonds is 8. The molecule has 1 atom stereocenters. The molecule has 26 heavy (non-hydrogen) atoms. The summed E-state index contributed by atoms with van der Waals surface area (Å²) in [5, 5.41) is 16.8. The Hall–Kier alpha value is -3.22. The number of carbonyl (C=O) groups excluding carboxylic acids is 1. The van der Waals surface area contributed by atoms with Gasteiger partial charge in [-0.2, -0.15) is 5.10 Å². The normalized spacial score (nSPS) is 11.8. The number of carbonyl (C=O) groups is 1. The van der Waals surface area contributed by atoms with Gasteiger partial charge in [0.2, 0.25) is 0 Å². The van der Waals surface area contributed by atoms with Gasteiger partial charge in [-0.3, -0.25) is 4.79 Å². The summed E-state index contributed by atoms with van der Waals surface area (Å²) >= 11 is 0. The van der Waals surface area contributed by atoms with Crippen LogP contribution in [0.15, 0.2) is 47.6 Å². The van der Waals surface area contributed by atoms with E-state index in [0.717, 1.165) is 5.69 Å². The van der Waals surface area contributed by atoms with Gasteiger partial charge < -0.3 is 19.9 Å². The Morgan fingerprint density at radius 2 is 2.04 bits per heavy atom. The summed E-state index contributed by atoms with van der Waals surface area (Å²) in [4.78, 5) is 12.1. The third-order valence-electron chi connectivity index (χ3n) is 3.54. The summed E-state index contributed by atoms with van der Waals surface area (Å²) < 4.78 is 10.5. The summed E-state index contributed by atoms with van der Waals surface area (Å²) in [7, 11) is 1.57. The van der Waals surface area contributed by atoms with Crippen LogP contribution in [-0.4, -0.2) is 37.0 Å². The maximum Gasteiger partial charge on any atom is 0.262 e. The molecule has 0 radical (unpaired) electrons. The van der Waals surface area contributed by atoms with Crippen LogP contribution in [0.1, 0.15) is 19.4 Å². The molecule has 3 N–H and O–H groups in total. The molecule has 138 valence electrons. The fourth-order valence-corrected chi connectivity index (χ4v) is 2.22. The third-order valence-corrected chi connectivity index (χ3v) is 3.54. The van der Waals surface area contributed by atoms with E-state index in [0.29, 0.717) is 23.7 Å². The third kappa shape index (κ3) is 5.14. The maximum absolute atomic E-state index is 12.1. The number of nitrogens with one attached hydrogen (secondary N) is 2. The molecule has 2 aromatic rings. The summed E-state index contributed by atoms with van der Waals surface area (Å²) in [6, 6.07) is 11.7. The van der Waals surface area contributed by atoms with E-state index in [1.165, 1.54) is 12.3 Å². The Bertz CT molecular complexity index is 777. The van der Waals surface area contributed by atoms with Crippen molar-refractivity contribution in [1.29, 1.82) is 0 Å². The van der Waals surface area contributed by atoms with Crippen molar-refractivity contribution in [3.05, 3.63) is 48.0 Å². The van der Waals surface area contributed by atoms with Crippen molar-refractivity contribution in [2.45, 2.75) is 19.9 Å². The lowest BCUT2D eigenvalue weighted by atomic mass is 10.2. The second-order valence-corrected chi connectivity index (χ2v) is 5.46. The second-order valence-electron chi connectivity index (χ2n) is 5.46. The molecule has 7 heteroatoms. The van der Waals surface area contributed by atoms with E-state index in [1.54, 1.807) is 26.2 Å². The quantitative estimate of drug-likeness (QED) is 0.499. The zero-order valence-corrected chi connectivity index (χ0v) is 15.0. The van der Waals surface area contributed by atoms with Gasteiger partial charge in [0.25, 0.3) is 5.91 Å². The fourth-order valence-electron chi connectivity index (χ4n) is 2.22. The predicted octanol–water partition coefficient (Wildman–Crippen LogP) is 2.75. The van der Waals surface area contributed by atoms with Crippen LogP contribution in [0.2, 0.25) is 0 Å². The number of para-hydroxylation sites is 2. The number of amides is 1. The van der Waals surface area contributed by atoms with Gasteiger partial charge in [-0.25, -0.2) is 5.43 Å². The van der Waals surface area contributed by atoms with Crippen LogP contribution in [0, 0.1) is 0 Å². The lowest BCUT2D eigenvalue weighted by Crippen LogP contribution is -2.35. The second kappa shape index (κ2) is 9.31. The summed E-state index contributed by atoms with van der Waals surface area (Å²) in [5.41, 5.74) is 3.82. The van der Waals surface area contributed by atoms with Gasteiger partial charge in [0.05, 0.1) is 25.6 Å². The Balaban J connectivity index is 1.93. The number of benzene rings is 2. The monoisotopic (exact) mass is 357 g/mol. The smallest absolute Gasteiger partial charge is 0.262 e. The van der Waals surface area contributed by atoms with E-state index < -0.39 is 6.04 Å². The highest BCUT2D eigenvalue weighted by Gasteiger charge is 2.13. The zero-order chi connectivity index (χ0) is 18.9. The van der Waals surface area contributed by atoms with Crippen molar-refractivity contribution >= 4 is 17.8 Å². The lowest BCUT2D eigenvalue weighted by molar-refractivity contribution is -0.121. The van der Waals surface area contributed by atoms with Gasteiger partial charge in [-0.1, -0.05) is 12.1 Å². The SMILES string of the molecule is CCOc1ccc(/C=N\NC(=O)[C@@H](C)Nc2ccccc2OC)cc1O. The molecule has 0 aliphatic carbocycles. The molecule has 1 amide bonds.